The number of fused-ring (bicyclic) bond motifs is 2. The van der Waals surface area contributed by atoms with Crippen molar-refractivity contribution in [1.29, 1.82) is 0 Å². The summed E-state index contributed by atoms with van der Waals surface area (Å²) in [6.45, 7) is 3.09. The van der Waals surface area contributed by atoms with Crippen LogP contribution in [0.5, 0.6) is 17.2 Å². The first-order valence-corrected chi connectivity index (χ1v) is 12.1. The minimum Gasteiger partial charge on any atom is -0.494 e. The Balaban J connectivity index is 1.63. The van der Waals surface area contributed by atoms with Gasteiger partial charge in [-0.15, -0.1) is 0 Å². The molecule has 3 aromatic rings. The fourth-order valence-corrected chi connectivity index (χ4v) is 5.39. The number of hydrogen-bond donors (Lipinski definition) is 0. The van der Waals surface area contributed by atoms with Crippen molar-refractivity contribution in [2.24, 2.45) is 0 Å². The smallest absolute Gasteiger partial charge is 0.214 e. The molecule has 2 aliphatic rings. The van der Waals surface area contributed by atoms with Crippen LogP contribution in [0.15, 0.2) is 76.7 Å². The number of halogens is 1. The van der Waals surface area contributed by atoms with Gasteiger partial charge in [0.1, 0.15) is 29.7 Å². The Morgan fingerprint density at radius 2 is 1.74 bits per heavy atom. The Labute approximate surface area is 195 Å². The highest BCUT2D eigenvalue weighted by Crippen LogP contribution is 2.43. The first-order chi connectivity index (χ1) is 16.4. The number of anilines is 2. The molecule has 34 heavy (non-hydrogen) atoms. The van der Waals surface area contributed by atoms with Crippen LogP contribution in [0.2, 0.25) is 0 Å². The number of sulfone groups is 1. The lowest BCUT2D eigenvalue weighted by Crippen LogP contribution is -2.26. The maximum absolute atomic E-state index is 14.2. The molecule has 2 aliphatic heterocycles. The highest BCUT2D eigenvalue weighted by molar-refractivity contribution is 7.96. The summed E-state index contributed by atoms with van der Waals surface area (Å²) < 4.78 is 57.6. The largest absolute Gasteiger partial charge is 0.494 e. The van der Waals surface area contributed by atoms with Crippen LogP contribution in [0.4, 0.5) is 15.8 Å². The average molecular weight is 482 g/mol. The van der Waals surface area contributed by atoms with E-state index in [2.05, 4.69) is 0 Å². The van der Waals surface area contributed by atoms with Gasteiger partial charge in [-0.05, 0) is 61.5 Å². The molecule has 0 N–H and O–H groups in total. The second-order valence-corrected chi connectivity index (χ2v) is 9.48. The van der Waals surface area contributed by atoms with Crippen molar-refractivity contribution >= 4 is 27.0 Å². The van der Waals surface area contributed by atoms with E-state index in [9.17, 15) is 17.6 Å². The molecular formula is C25H20FNO6S. The van der Waals surface area contributed by atoms with E-state index in [1.165, 1.54) is 29.3 Å². The molecule has 0 spiro atoms. The lowest BCUT2D eigenvalue weighted by atomic mass is 10.1. The second kappa shape index (κ2) is 8.49. The second-order valence-electron chi connectivity index (χ2n) is 7.59. The number of rotatable bonds is 5. The zero-order chi connectivity index (χ0) is 23.9. The van der Waals surface area contributed by atoms with Crippen LogP contribution in [0.1, 0.15) is 17.3 Å². The summed E-state index contributed by atoms with van der Waals surface area (Å²) in [5.74, 6) is 0.307. The van der Waals surface area contributed by atoms with Crippen molar-refractivity contribution in [2.75, 3.05) is 24.7 Å². The van der Waals surface area contributed by atoms with Gasteiger partial charge in [-0.1, -0.05) is 0 Å². The molecular weight excluding hydrogens is 461 g/mol. The molecule has 0 radical (unpaired) electrons. The van der Waals surface area contributed by atoms with E-state index in [-0.39, 0.29) is 16.1 Å². The maximum atomic E-state index is 14.2. The zero-order valence-corrected chi connectivity index (χ0v) is 19.0. The summed E-state index contributed by atoms with van der Waals surface area (Å²) in [7, 11) is -4.21. The quantitative estimate of drug-likeness (QED) is 0.388. The molecule has 7 nitrogen and oxygen atoms in total. The number of allylic oxidation sites excluding steroid dienone is 1. The molecule has 0 saturated heterocycles. The third kappa shape index (κ3) is 3.77. The van der Waals surface area contributed by atoms with Gasteiger partial charge in [0.2, 0.25) is 15.6 Å². The topological polar surface area (TPSA) is 82.1 Å². The monoisotopic (exact) mass is 481 g/mol. The number of hydrogen-bond acceptors (Lipinski definition) is 7. The first kappa shape index (κ1) is 22.0. The Hall–Kier alpha value is -3.85. The Kier molecular flexibility index (Phi) is 5.49. The molecule has 3 aromatic carbocycles. The summed E-state index contributed by atoms with van der Waals surface area (Å²) in [6, 6.07) is 14.6. The van der Waals surface area contributed by atoms with Crippen LogP contribution in [0.25, 0.3) is 0 Å². The van der Waals surface area contributed by atoms with Crippen molar-refractivity contribution in [3.63, 3.8) is 0 Å². The van der Waals surface area contributed by atoms with E-state index < -0.39 is 26.3 Å². The van der Waals surface area contributed by atoms with Crippen molar-refractivity contribution < 1.29 is 31.8 Å². The fraction of sp³-hybridized carbons (Fsp3) is 0.160. The van der Waals surface area contributed by atoms with Crippen molar-refractivity contribution in [2.45, 2.75) is 11.8 Å². The standard InChI is InChI=1S/C25H20FNO6S/c1-2-31-19-7-3-16(4-8-19)25(28)24-15-27(18-6-9-21-22(14-18)33-12-11-32-21)20-13-17(26)5-10-23(20)34(24,29)30/h3-10,13-15H,2,11-12H2,1H3. The van der Waals surface area contributed by atoms with E-state index >= 15 is 0 Å². The molecule has 9 heteroatoms. The van der Waals surface area contributed by atoms with E-state index in [1.807, 2.05) is 6.92 Å². The number of carbonyl (C=O) groups is 1. The van der Waals surface area contributed by atoms with Crippen LogP contribution in [0, 0.1) is 5.82 Å². The summed E-state index contributed by atoms with van der Waals surface area (Å²) in [5.41, 5.74) is 0.772. The highest BCUT2D eigenvalue weighted by Gasteiger charge is 2.36. The number of nitrogens with zero attached hydrogens (tertiary/aromatic N) is 1. The lowest BCUT2D eigenvalue weighted by Gasteiger charge is -2.30. The number of carbonyl (C=O) groups excluding carboxylic acids is 1. The molecule has 0 bridgehead atoms. The van der Waals surface area contributed by atoms with Crippen LogP contribution < -0.4 is 19.1 Å². The molecule has 2 heterocycles. The van der Waals surface area contributed by atoms with Crippen molar-refractivity contribution in [3.05, 3.63) is 83.1 Å². The molecule has 0 unspecified atom stereocenters. The molecule has 0 aliphatic carbocycles. The SMILES string of the molecule is CCOc1ccc(C(=O)C2=CN(c3ccc4c(c3)OCCO4)c3cc(F)ccc3S2(=O)=O)cc1. The normalized spacial score (nSPS) is 15.8. The van der Waals surface area contributed by atoms with Crippen LogP contribution in [-0.2, 0) is 9.84 Å². The predicted octanol–water partition coefficient (Wildman–Crippen LogP) is 4.65. The molecule has 0 aromatic heterocycles. The maximum Gasteiger partial charge on any atom is 0.214 e. The third-order valence-electron chi connectivity index (χ3n) is 5.46. The number of ketones is 1. The van der Waals surface area contributed by atoms with E-state index in [1.54, 1.807) is 30.3 Å². The number of benzene rings is 3. The number of Topliss-reactive ketones (excluding diaryl/α,β-unsaturated/α-hetero) is 1. The Bertz CT molecular complexity index is 1420. The van der Waals surface area contributed by atoms with Gasteiger partial charge in [-0.25, -0.2) is 12.8 Å². The minimum absolute atomic E-state index is 0.0971. The Morgan fingerprint density at radius 1 is 1.00 bits per heavy atom. The predicted molar refractivity (Wildman–Crippen MR) is 123 cm³/mol. The van der Waals surface area contributed by atoms with Gasteiger partial charge >= 0.3 is 0 Å². The van der Waals surface area contributed by atoms with Gasteiger partial charge in [0.25, 0.3) is 0 Å². The van der Waals surface area contributed by atoms with E-state index in [4.69, 9.17) is 14.2 Å². The molecule has 0 fully saturated rings. The number of ether oxygens (including phenoxy) is 3. The molecule has 174 valence electrons. The van der Waals surface area contributed by atoms with Gasteiger partial charge in [0, 0.05) is 23.5 Å². The van der Waals surface area contributed by atoms with E-state index in [0.717, 1.165) is 12.1 Å². The lowest BCUT2D eigenvalue weighted by molar-refractivity contribution is 0.104. The summed E-state index contributed by atoms with van der Waals surface area (Å²) in [4.78, 5) is 14.2. The molecule has 5 rings (SSSR count). The fourth-order valence-electron chi connectivity index (χ4n) is 3.87. The van der Waals surface area contributed by atoms with Crippen molar-refractivity contribution in [1.82, 2.24) is 0 Å². The van der Waals surface area contributed by atoms with Crippen LogP contribution >= 0.6 is 0 Å². The summed E-state index contributed by atoms with van der Waals surface area (Å²) >= 11 is 0. The van der Waals surface area contributed by atoms with Crippen LogP contribution in [-0.4, -0.2) is 34.0 Å². The van der Waals surface area contributed by atoms with Gasteiger partial charge in [-0.3, -0.25) is 4.79 Å². The molecule has 0 amide bonds. The minimum atomic E-state index is -4.21. The van der Waals surface area contributed by atoms with Gasteiger partial charge in [-0.2, -0.15) is 0 Å². The van der Waals surface area contributed by atoms with Gasteiger partial charge in [0.15, 0.2) is 11.5 Å². The summed E-state index contributed by atoms with van der Waals surface area (Å²) in [6.07, 6.45) is 1.22. The zero-order valence-electron chi connectivity index (χ0n) is 18.2. The highest BCUT2D eigenvalue weighted by atomic mass is 32.2. The van der Waals surface area contributed by atoms with Crippen LogP contribution in [0.3, 0.4) is 0 Å². The first-order valence-electron chi connectivity index (χ1n) is 10.6. The third-order valence-corrected chi connectivity index (χ3v) is 7.26. The molecule has 0 atom stereocenters. The Morgan fingerprint density at radius 3 is 2.47 bits per heavy atom. The van der Waals surface area contributed by atoms with Crippen molar-refractivity contribution in [3.8, 4) is 17.2 Å². The summed E-state index contributed by atoms with van der Waals surface area (Å²) in [5, 5.41) is 0. The van der Waals surface area contributed by atoms with Gasteiger partial charge in [0.05, 0.1) is 17.2 Å². The van der Waals surface area contributed by atoms with Gasteiger partial charge < -0.3 is 19.1 Å². The average Bonchev–Trinajstić information content (AvgIpc) is 2.84. The molecule has 0 saturated carbocycles. The van der Waals surface area contributed by atoms with E-state index in [0.29, 0.717) is 42.8 Å².